The highest BCUT2D eigenvalue weighted by atomic mass is 32.2. The minimum atomic E-state index is -3.43. The van der Waals surface area contributed by atoms with E-state index in [-0.39, 0.29) is 23.2 Å². The van der Waals surface area contributed by atoms with Gasteiger partial charge < -0.3 is 9.84 Å². The Hall–Kier alpha value is -1.56. The SMILES string of the molecule is COc1cccc(S(C)(=O)=O)c1C(CC(=O)O)C1CC1. The van der Waals surface area contributed by atoms with Gasteiger partial charge in [0.25, 0.3) is 0 Å². The lowest BCUT2D eigenvalue weighted by Crippen LogP contribution is -2.14. The van der Waals surface area contributed by atoms with Gasteiger partial charge in [0.2, 0.25) is 0 Å². The fourth-order valence-electron chi connectivity index (χ4n) is 2.58. The van der Waals surface area contributed by atoms with Crippen LogP contribution in [0.5, 0.6) is 5.75 Å². The van der Waals surface area contributed by atoms with Crippen molar-refractivity contribution in [2.75, 3.05) is 13.4 Å². The Labute approximate surface area is 118 Å². The number of methoxy groups -OCH3 is 1. The molecule has 1 saturated carbocycles. The van der Waals surface area contributed by atoms with Gasteiger partial charge in [0.1, 0.15) is 5.75 Å². The van der Waals surface area contributed by atoms with E-state index in [1.165, 1.54) is 13.2 Å². The number of hydrogen-bond acceptors (Lipinski definition) is 4. The number of aliphatic carboxylic acids is 1. The number of sulfone groups is 1. The Bertz CT molecular complexity index is 616. The number of carbonyl (C=O) groups is 1. The van der Waals surface area contributed by atoms with E-state index >= 15 is 0 Å². The Morgan fingerprint density at radius 1 is 1.45 bits per heavy atom. The van der Waals surface area contributed by atoms with Crippen molar-refractivity contribution in [1.29, 1.82) is 0 Å². The van der Waals surface area contributed by atoms with Crippen molar-refractivity contribution in [3.05, 3.63) is 23.8 Å². The molecule has 0 spiro atoms. The zero-order chi connectivity index (χ0) is 14.9. The number of carboxylic acid groups (broad SMARTS) is 1. The standard InChI is InChI=1S/C14H18O5S/c1-19-11-4-3-5-12(20(2,17)18)14(11)10(8-13(15)16)9-6-7-9/h3-5,9-10H,6-8H2,1-2H3,(H,15,16). The lowest BCUT2D eigenvalue weighted by Gasteiger charge is -2.20. The number of rotatable bonds is 6. The Kier molecular flexibility index (Phi) is 4.04. The van der Waals surface area contributed by atoms with Crippen LogP contribution in [0.4, 0.5) is 0 Å². The van der Waals surface area contributed by atoms with Crippen molar-refractivity contribution in [1.82, 2.24) is 0 Å². The molecule has 0 bridgehead atoms. The van der Waals surface area contributed by atoms with Crippen molar-refractivity contribution < 1.29 is 23.1 Å². The highest BCUT2D eigenvalue weighted by molar-refractivity contribution is 7.90. The van der Waals surface area contributed by atoms with E-state index < -0.39 is 15.8 Å². The summed E-state index contributed by atoms with van der Waals surface area (Å²) >= 11 is 0. The smallest absolute Gasteiger partial charge is 0.303 e. The van der Waals surface area contributed by atoms with Crippen LogP contribution < -0.4 is 4.74 Å². The summed E-state index contributed by atoms with van der Waals surface area (Å²) in [5.41, 5.74) is 0.516. The van der Waals surface area contributed by atoms with Crippen LogP contribution in [0.3, 0.4) is 0 Å². The molecule has 1 aliphatic rings. The van der Waals surface area contributed by atoms with Crippen LogP contribution in [0.2, 0.25) is 0 Å². The highest BCUT2D eigenvalue weighted by Crippen LogP contribution is 2.48. The topological polar surface area (TPSA) is 80.7 Å². The Morgan fingerprint density at radius 2 is 2.10 bits per heavy atom. The van der Waals surface area contributed by atoms with Gasteiger partial charge in [-0.05, 0) is 30.9 Å². The summed E-state index contributed by atoms with van der Waals surface area (Å²) in [5.74, 6) is -0.561. The molecule has 1 aromatic carbocycles. The van der Waals surface area contributed by atoms with Crippen LogP contribution in [0, 0.1) is 5.92 Å². The molecule has 1 aliphatic carbocycles. The summed E-state index contributed by atoms with van der Waals surface area (Å²) in [6, 6.07) is 4.81. The monoisotopic (exact) mass is 298 g/mol. The highest BCUT2D eigenvalue weighted by Gasteiger charge is 2.37. The van der Waals surface area contributed by atoms with Crippen LogP contribution in [-0.2, 0) is 14.6 Å². The Morgan fingerprint density at radius 3 is 2.55 bits per heavy atom. The fourth-order valence-corrected chi connectivity index (χ4v) is 3.56. The van der Waals surface area contributed by atoms with Crippen LogP contribution in [0.1, 0.15) is 30.7 Å². The van der Waals surface area contributed by atoms with Gasteiger partial charge in [-0.2, -0.15) is 0 Å². The summed E-state index contributed by atoms with van der Waals surface area (Å²) < 4.78 is 29.2. The predicted molar refractivity (Wildman–Crippen MR) is 73.8 cm³/mol. The lowest BCUT2D eigenvalue weighted by molar-refractivity contribution is -0.137. The minimum Gasteiger partial charge on any atom is -0.496 e. The van der Waals surface area contributed by atoms with Crippen LogP contribution >= 0.6 is 0 Å². The molecule has 1 unspecified atom stereocenters. The van der Waals surface area contributed by atoms with Gasteiger partial charge >= 0.3 is 5.97 Å². The number of benzene rings is 1. The molecule has 20 heavy (non-hydrogen) atoms. The molecule has 0 amide bonds. The molecular weight excluding hydrogens is 280 g/mol. The van der Waals surface area contributed by atoms with E-state index in [9.17, 15) is 13.2 Å². The van der Waals surface area contributed by atoms with Crippen molar-refractivity contribution in [3.63, 3.8) is 0 Å². The second kappa shape index (κ2) is 5.44. The summed E-state index contributed by atoms with van der Waals surface area (Å²) in [5, 5.41) is 9.09. The molecule has 1 atom stereocenters. The summed E-state index contributed by atoms with van der Waals surface area (Å²) in [4.78, 5) is 11.3. The predicted octanol–water partition coefficient (Wildman–Crippen LogP) is 2.07. The third kappa shape index (κ3) is 3.12. The Balaban J connectivity index is 2.59. The molecule has 0 saturated heterocycles. The van der Waals surface area contributed by atoms with Gasteiger partial charge in [-0.25, -0.2) is 8.42 Å². The average Bonchev–Trinajstić information content (AvgIpc) is 3.18. The van der Waals surface area contributed by atoms with Gasteiger partial charge in [0.15, 0.2) is 9.84 Å². The van der Waals surface area contributed by atoms with E-state index in [2.05, 4.69) is 0 Å². The second-order valence-corrected chi connectivity index (χ2v) is 7.17. The molecule has 6 heteroatoms. The maximum absolute atomic E-state index is 12.0. The minimum absolute atomic E-state index is 0.0758. The largest absolute Gasteiger partial charge is 0.496 e. The molecule has 110 valence electrons. The van der Waals surface area contributed by atoms with E-state index in [4.69, 9.17) is 9.84 Å². The summed E-state index contributed by atoms with van der Waals surface area (Å²) in [6.07, 6.45) is 2.92. The average molecular weight is 298 g/mol. The fraction of sp³-hybridized carbons (Fsp3) is 0.500. The van der Waals surface area contributed by atoms with Crippen LogP contribution in [-0.4, -0.2) is 32.9 Å². The number of hydrogen-bond donors (Lipinski definition) is 1. The van der Waals surface area contributed by atoms with Crippen molar-refractivity contribution >= 4 is 15.8 Å². The zero-order valence-corrected chi connectivity index (χ0v) is 12.3. The normalized spacial score (nSPS) is 16.7. The van der Waals surface area contributed by atoms with E-state index in [1.807, 2.05) is 0 Å². The molecule has 1 N–H and O–H groups in total. The molecule has 1 fully saturated rings. The molecule has 0 aromatic heterocycles. The summed E-state index contributed by atoms with van der Waals surface area (Å²) in [7, 11) is -1.96. The van der Waals surface area contributed by atoms with E-state index in [0.29, 0.717) is 11.3 Å². The first-order chi connectivity index (χ1) is 9.34. The molecular formula is C14H18O5S. The molecule has 1 aromatic rings. The van der Waals surface area contributed by atoms with Crippen LogP contribution in [0.15, 0.2) is 23.1 Å². The van der Waals surface area contributed by atoms with Gasteiger partial charge in [-0.1, -0.05) is 6.07 Å². The van der Waals surface area contributed by atoms with E-state index in [1.54, 1.807) is 12.1 Å². The quantitative estimate of drug-likeness (QED) is 0.869. The maximum atomic E-state index is 12.0. The lowest BCUT2D eigenvalue weighted by atomic mass is 9.90. The first kappa shape index (κ1) is 14.8. The molecule has 2 rings (SSSR count). The molecule has 0 radical (unpaired) electrons. The summed E-state index contributed by atoms with van der Waals surface area (Å²) in [6.45, 7) is 0. The zero-order valence-electron chi connectivity index (χ0n) is 11.5. The third-order valence-electron chi connectivity index (χ3n) is 3.60. The molecule has 5 nitrogen and oxygen atoms in total. The van der Waals surface area contributed by atoms with Crippen molar-refractivity contribution in [3.8, 4) is 5.75 Å². The molecule has 0 aliphatic heterocycles. The van der Waals surface area contributed by atoms with Gasteiger partial charge in [-0.15, -0.1) is 0 Å². The maximum Gasteiger partial charge on any atom is 0.303 e. The van der Waals surface area contributed by atoms with Gasteiger partial charge in [-0.3, -0.25) is 4.79 Å². The first-order valence-corrected chi connectivity index (χ1v) is 8.32. The van der Waals surface area contributed by atoms with Crippen LogP contribution in [0.25, 0.3) is 0 Å². The third-order valence-corrected chi connectivity index (χ3v) is 4.76. The van der Waals surface area contributed by atoms with Gasteiger partial charge in [0.05, 0.1) is 18.4 Å². The van der Waals surface area contributed by atoms with Crippen molar-refractivity contribution in [2.45, 2.75) is 30.1 Å². The van der Waals surface area contributed by atoms with Crippen molar-refractivity contribution in [2.24, 2.45) is 5.92 Å². The van der Waals surface area contributed by atoms with Gasteiger partial charge in [0, 0.05) is 17.7 Å². The number of ether oxygens (including phenoxy) is 1. The van der Waals surface area contributed by atoms with E-state index in [0.717, 1.165) is 19.1 Å². The first-order valence-electron chi connectivity index (χ1n) is 6.43. The molecule has 0 heterocycles. The second-order valence-electron chi connectivity index (χ2n) is 5.19. The number of carboxylic acids is 1.